The molecule has 1 aliphatic rings. The normalized spacial score (nSPS) is 20.2. The van der Waals surface area contributed by atoms with Crippen LogP contribution in [-0.4, -0.2) is 30.8 Å². The van der Waals surface area contributed by atoms with Crippen molar-refractivity contribution >= 4 is 17.7 Å². The second-order valence-electron chi connectivity index (χ2n) is 4.51. The van der Waals surface area contributed by atoms with Crippen LogP contribution in [0.2, 0.25) is 0 Å². The summed E-state index contributed by atoms with van der Waals surface area (Å²) < 4.78 is 0. The summed E-state index contributed by atoms with van der Waals surface area (Å²) in [6.45, 7) is 1.79. The molecule has 1 saturated heterocycles. The zero-order chi connectivity index (χ0) is 12.6. The Balaban J connectivity index is 1.64. The van der Waals surface area contributed by atoms with Gasteiger partial charge in [0.05, 0.1) is 0 Å². The molecule has 1 aromatic carbocycles. The summed E-state index contributed by atoms with van der Waals surface area (Å²) >= 11 is 1.85. The third-order valence-corrected chi connectivity index (χ3v) is 4.04. The van der Waals surface area contributed by atoms with Gasteiger partial charge in [-0.05, 0) is 25.0 Å². The second-order valence-corrected chi connectivity index (χ2v) is 5.68. The molecule has 3 nitrogen and oxygen atoms in total. The maximum atomic E-state index is 11.4. The molecule has 1 fully saturated rings. The van der Waals surface area contributed by atoms with Gasteiger partial charge in [-0.15, -0.1) is 11.8 Å². The van der Waals surface area contributed by atoms with Gasteiger partial charge in [-0.25, -0.2) is 0 Å². The van der Waals surface area contributed by atoms with Crippen molar-refractivity contribution < 1.29 is 4.79 Å². The molecular formula is C14H20N2OS. The second kappa shape index (κ2) is 7.44. The topological polar surface area (TPSA) is 41.1 Å². The Morgan fingerprint density at radius 1 is 1.33 bits per heavy atom. The van der Waals surface area contributed by atoms with Gasteiger partial charge < -0.3 is 10.6 Å². The molecule has 1 aromatic rings. The van der Waals surface area contributed by atoms with Crippen LogP contribution in [0.3, 0.4) is 0 Å². The number of nitrogens with one attached hydrogen (secondary N) is 2. The summed E-state index contributed by atoms with van der Waals surface area (Å²) in [6.07, 6.45) is 2.79. The number of benzene rings is 1. The lowest BCUT2D eigenvalue weighted by molar-refractivity contribution is -0.121. The highest BCUT2D eigenvalue weighted by Gasteiger charge is 2.16. The number of carbonyl (C=O) groups is 1. The predicted octanol–water partition coefficient (Wildman–Crippen LogP) is 2.04. The molecule has 1 atom stereocenters. The molecular weight excluding hydrogens is 244 g/mol. The van der Waals surface area contributed by atoms with E-state index < -0.39 is 0 Å². The number of rotatable bonds is 5. The lowest BCUT2D eigenvalue weighted by Crippen LogP contribution is -2.33. The van der Waals surface area contributed by atoms with E-state index in [4.69, 9.17) is 0 Å². The van der Waals surface area contributed by atoms with Crippen LogP contribution >= 0.6 is 11.8 Å². The first-order chi connectivity index (χ1) is 8.84. The van der Waals surface area contributed by atoms with E-state index in [-0.39, 0.29) is 5.91 Å². The minimum atomic E-state index is 0.181. The van der Waals surface area contributed by atoms with E-state index in [1.807, 2.05) is 17.8 Å². The fraction of sp³-hybridized carbons (Fsp3) is 0.500. The SMILES string of the molecule is O=C1CC(NCCSc2ccccc2)CCCN1. The van der Waals surface area contributed by atoms with Crippen LogP contribution in [0.4, 0.5) is 0 Å². The third-order valence-electron chi connectivity index (χ3n) is 3.03. The number of carbonyl (C=O) groups excluding carboxylic acids is 1. The van der Waals surface area contributed by atoms with Crippen molar-refractivity contribution in [2.24, 2.45) is 0 Å². The minimum absolute atomic E-state index is 0.181. The Morgan fingerprint density at radius 2 is 2.17 bits per heavy atom. The Hall–Kier alpha value is -1.00. The Labute approximate surface area is 113 Å². The van der Waals surface area contributed by atoms with Crippen LogP contribution in [0.25, 0.3) is 0 Å². The van der Waals surface area contributed by atoms with Crippen molar-refractivity contribution in [3.8, 4) is 0 Å². The molecule has 2 N–H and O–H groups in total. The fourth-order valence-electron chi connectivity index (χ4n) is 2.10. The maximum absolute atomic E-state index is 11.4. The average molecular weight is 264 g/mol. The largest absolute Gasteiger partial charge is 0.356 e. The zero-order valence-corrected chi connectivity index (χ0v) is 11.3. The molecule has 2 rings (SSSR count). The summed E-state index contributed by atoms with van der Waals surface area (Å²) in [5.74, 6) is 1.22. The van der Waals surface area contributed by atoms with Crippen molar-refractivity contribution in [2.45, 2.75) is 30.2 Å². The van der Waals surface area contributed by atoms with E-state index in [1.54, 1.807) is 0 Å². The molecule has 1 aliphatic heterocycles. The van der Waals surface area contributed by atoms with Crippen LogP contribution in [0.15, 0.2) is 35.2 Å². The fourth-order valence-corrected chi connectivity index (χ4v) is 2.90. The van der Waals surface area contributed by atoms with Gasteiger partial charge in [-0.3, -0.25) is 4.79 Å². The summed E-state index contributed by atoms with van der Waals surface area (Å²) in [4.78, 5) is 12.7. The van der Waals surface area contributed by atoms with Gasteiger partial charge in [-0.2, -0.15) is 0 Å². The summed E-state index contributed by atoms with van der Waals surface area (Å²) in [6, 6.07) is 10.8. The van der Waals surface area contributed by atoms with E-state index in [0.29, 0.717) is 12.5 Å². The lowest BCUT2D eigenvalue weighted by Gasteiger charge is -2.14. The average Bonchev–Trinajstić information content (AvgIpc) is 2.60. The maximum Gasteiger partial charge on any atom is 0.221 e. The summed E-state index contributed by atoms with van der Waals surface area (Å²) in [7, 11) is 0. The molecule has 1 heterocycles. The number of hydrogen-bond acceptors (Lipinski definition) is 3. The Kier molecular flexibility index (Phi) is 5.55. The molecule has 0 bridgehead atoms. The van der Waals surface area contributed by atoms with E-state index in [9.17, 15) is 4.79 Å². The van der Waals surface area contributed by atoms with Crippen molar-refractivity contribution in [1.29, 1.82) is 0 Å². The first kappa shape index (κ1) is 13.4. The van der Waals surface area contributed by atoms with Crippen molar-refractivity contribution in [3.05, 3.63) is 30.3 Å². The van der Waals surface area contributed by atoms with Gasteiger partial charge in [-0.1, -0.05) is 18.2 Å². The molecule has 4 heteroatoms. The molecule has 0 aliphatic carbocycles. The van der Waals surface area contributed by atoms with Gasteiger partial charge >= 0.3 is 0 Å². The molecule has 0 radical (unpaired) electrons. The quantitative estimate of drug-likeness (QED) is 0.631. The first-order valence-electron chi connectivity index (χ1n) is 6.52. The van der Waals surface area contributed by atoms with E-state index in [0.717, 1.165) is 31.7 Å². The molecule has 1 unspecified atom stereocenters. The van der Waals surface area contributed by atoms with Crippen LogP contribution in [0.1, 0.15) is 19.3 Å². The van der Waals surface area contributed by atoms with Gasteiger partial charge in [0.15, 0.2) is 0 Å². The number of thioether (sulfide) groups is 1. The van der Waals surface area contributed by atoms with Crippen LogP contribution in [0.5, 0.6) is 0 Å². The minimum Gasteiger partial charge on any atom is -0.356 e. The standard InChI is InChI=1S/C14H20N2OS/c17-14-11-12(5-4-8-16-14)15-9-10-18-13-6-2-1-3-7-13/h1-3,6-7,12,15H,4-5,8-11H2,(H,16,17). The van der Waals surface area contributed by atoms with Crippen LogP contribution < -0.4 is 10.6 Å². The molecule has 1 amide bonds. The number of hydrogen-bond donors (Lipinski definition) is 2. The molecule has 0 saturated carbocycles. The van der Waals surface area contributed by atoms with Gasteiger partial charge in [0.2, 0.25) is 5.91 Å². The Bertz CT molecular complexity index is 369. The van der Waals surface area contributed by atoms with Crippen molar-refractivity contribution in [2.75, 3.05) is 18.8 Å². The number of amides is 1. The highest BCUT2D eigenvalue weighted by molar-refractivity contribution is 7.99. The van der Waals surface area contributed by atoms with Gasteiger partial charge in [0.25, 0.3) is 0 Å². The van der Waals surface area contributed by atoms with Gasteiger partial charge in [0.1, 0.15) is 0 Å². The smallest absolute Gasteiger partial charge is 0.221 e. The molecule has 18 heavy (non-hydrogen) atoms. The molecule has 0 spiro atoms. The highest BCUT2D eigenvalue weighted by atomic mass is 32.2. The molecule has 98 valence electrons. The highest BCUT2D eigenvalue weighted by Crippen LogP contribution is 2.16. The monoisotopic (exact) mass is 264 g/mol. The molecule has 0 aromatic heterocycles. The van der Waals surface area contributed by atoms with Crippen molar-refractivity contribution in [1.82, 2.24) is 10.6 Å². The summed E-state index contributed by atoms with van der Waals surface area (Å²) in [5.41, 5.74) is 0. The van der Waals surface area contributed by atoms with Crippen molar-refractivity contribution in [3.63, 3.8) is 0 Å². The first-order valence-corrected chi connectivity index (χ1v) is 7.51. The Morgan fingerprint density at radius 3 is 3.00 bits per heavy atom. The van der Waals surface area contributed by atoms with Crippen LogP contribution in [0, 0.1) is 0 Å². The predicted molar refractivity (Wildman–Crippen MR) is 75.8 cm³/mol. The van der Waals surface area contributed by atoms with E-state index in [2.05, 4.69) is 34.9 Å². The lowest BCUT2D eigenvalue weighted by atomic mass is 10.1. The zero-order valence-electron chi connectivity index (χ0n) is 10.5. The van der Waals surface area contributed by atoms with Gasteiger partial charge in [0, 0.05) is 36.2 Å². The van der Waals surface area contributed by atoms with E-state index in [1.165, 1.54) is 4.90 Å². The van der Waals surface area contributed by atoms with E-state index >= 15 is 0 Å². The summed E-state index contributed by atoms with van der Waals surface area (Å²) in [5, 5.41) is 6.39. The third kappa shape index (κ3) is 4.70. The van der Waals surface area contributed by atoms with Crippen LogP contribution in [-0.2, 0) is 4.79 Å².